The number of hydrogen-bond acceptors (Lipinski definition) is 4. The van der Waals surface area contributed by atoms with E-state index in [2.05, 4.69) is 22.3 Å². The molecule has 2 aromatic heterocycles. The molecular formula is C14H15N3O2S. The van der Waals surface area contributed by atoms with E-state index in [1.165, 1.54) is 4.68 Å². The van der Waals surface area contributed by atoms with Crippen LogP contribution in [0.15, 0.2) is 23.7 Å². The van der Waals surface area contributed by atoms with E-state index in [9.17, 15) is 4.79 Å². The zero-order valence-corrected chi connectivity index (χ0v) is 11.9. The van der Waals surface area contributed by atoms with Gasteiger partial charge >= 0.3 is 0 Å². The molecule has 0 aliphatic heterocycles. The van der Waals surface area contributed by atoms with Gasteiger partial charge in [-0.05, 0) is 17.5 Å². The van der Waals surface area contributed by atoms with Crippen molar-refractivity contribution in [2.45, 2.75) is 13.0 Å². The van der Waals surface area contributed by atoms with Gasteiger partial charge in [0, 0.05) is 30.1 Å². The zero-order chi connectivity index (χ0) is 14.4. The number of aliphatic hydroxyl groups excluding tert-OH is 1. The second kappa shape index (κ2) is 6.89. The second-order valence-corrected chi connectivity index (χ2v) is 5.06. The van der Waals surface area contributed by atoms with Crippen LogP contribution in [0.3, 0.4) is 0 Å². The number of thiophene rings is 1. The molecule has 5 nitrogen and oxygen atoms in total. The second-order valence-electron chi connectivity index (χ2n) is 4.06. The predicted molar refractivity (Wildman–Crippen MR) is 77.3 cm³/mol. The Bertz CT molecular complexity index is 649. The highest BCUT2D eigenvalue weighted by molar-refractivity contribution is 7.10. The Morgan fingerprint density at radius 1 is 1.55 bits per heavy atom. The Morgan fingerprint density at radius 3 is 3.10 bits per heavy atom. The van der Waals surface area contributed by atoms with E-state index in [4.69, 9.17) is 5.11 Å². The van der Waals surface area contributed by atoms with Crippen LogP contribution in [0.5, 0.6) is 0 Å². The van der Waals surface area contributed by atoms with Crippen LogP contribution in [0, 0.1) is 11.8 Å². The minimum absolute atomic E-state index is 0.0592. The predicted octanol–water partition coefficient (Wildman–Crippen LogP) is 1.15. The molecule has 0 spiro atoms. The molecule has 104 valence electrons. The van der Waals surface area contributed by atoms with Crippen LogP contribution in [0.2, 0.25) is 0 Å². The molecule has 0 unspecified atom stereocenters. The first kappa shape index (κ1) is 14.3. The average Bonchev–Trinajstić information content (AvgIpc) is 3.05. The number of aliphatic hydroxyl groups is 1. The van der Waals surface area contributed by atoms with Crippen LogP contribution in [0.4, 0.5) is 0 Å². The van der Waals surface area contributed by atoms with E-state index >= 15 is 0 Å². The fraction of sp³-hybridized carbons (Fsp3) is 0.286. The van der Waals surface area contributed by atoms with Gasteiger partial charge in [-0.15, -0.1) is 11.3 Å². The Hall–Kier alpha value is -2.10. The molecule has 2 aromatic rings. The number of aromatic nitrogens is 2. The van der Waals surface area contributed by atoms with Crippen molar-refractivity contribution in [3.63, 3.8) is 0 Å². The number of nitrogens with one attached hydrogen (secondary N) is 1. The molecule has 0 aliphatic rings. The van der Waals surface area contributed by atoms with E-state index in [1.54, 1.807) is 30.6 Å². The third-order valence-electron chi connectivity index (χ3n) is 2.67. The van der Waals surface area contributed by atoms with Gasteiger partial charge < -0.3 is 10.4 Å². The minimum atomic E-state index is -0.160. The van der Waals surface area contributed by atoms with Gasteiger partial charge in [-0.25, -0.2) is 0 Å². The van der Waals surface area contributed by atoms with E-state index < -0.39 is 0 Å². The molecule has 0 aliphatic carbocycles. The molecular weight excluding hydrogens is 274 g/mol. The van der Waals surface area contributed by atoms with Crippen LogP contribution in [0.25, 0.3) is 0 Å². The van der Waals surface area contributed by atoms with E-state index in [0.717, 1.165) is 10.4 Å². The van der Waals surface area contributed by atoms with Crippen LogP contribution >= 0.6 is 11.3 Å². The van der Waals surface area contributed by atoms with Gasteiger partial charge in [0.2, 0.25) is 0 Å². The van der Waals surface area contributed by atoms with Crippen LogP contribution in [-0.2, 0) is 13.6 Å². The number of rotatable bonds is 4. The molecule has 0 saturated carbocycles. The number of nitrogens with zero attached hydrogens (tertiary/aromatic N) is 2. The van der Waals surface area contributed by atoms with Gasteiger partial charge in [0.1, 0.15) is 5.69 Å². The van der Waals surface area contributed by atoms with Gasteiger partial charge in [-0.3, -0.25) is 9.48 Å². The molecule has 20 heavy (non-hydrogen) atoms. The van der Waals surface area contributed by atoms with Crippen LogP contribution in [0.1, 0.15) is 27.3 Å². The first-order valence-electron chi connectivity index (χ1n) is 6.14. The molecule has 0 saturated heterocycles. The normalized spacial score (nSPS) is 9.90. The van der Waals surface area contributed by atoms with Gasteiger partial charge in [0.25, 0.3) is 5.91 Å². The molecule has 0 radical (unpaired) electrons. The molecule has 0 atom stereocenters. The average molecular weight is 289 g/mol. The van der Waals surface area contributed by atoms with Gasteiger partial charge in [-0.2, -0.15) is 5.10 Å². The number of hydrogen-bond donors (Lipinski definition) is 2. The summed E-state index contributed by atoms with van der Waals surface area (Å²) in [5, 5.41) is 17.5. The summed E-state index contributed by atoms with van der Waals surface area (Å²) in [5.41, 5.74) is 1.42. The fourth-order valence-corrected chi connectivity index (χ4v) is 2.42. The largest absolute Gasteiger partial charge is 0.395 e. The van der Waals surface area contributed by atoms with Crippen molar-refractivity contribution in [2.24, 2.45) is 7.05 Å². The van der Waals surface area contributed by atoms with E-state index in [-0.39, 0.29) is 12.5 Å². The quantitative estimate of drug-likeness (QED) is 0.830. The molecule has 2 N–H and O–H groups in total. The van der Waals surface area contributed by atoms with Crippen molar-refractivity contribution in [1.29, 1.82) is 0 Å². The molecule has 0 fully saturated rings. The molecule has 2 rings (SSSR count). The van der Waals surface area contributed by atoms with Crippen LogP contribution < -0.4 is 5.32 Å². The summed E-state index contributed by atoms with van der Waals surface area (Å²) in [4.78, 5) is 13.0. The summed E-state index contributed by atoms with van der Waals surface area (Å²) in [6.07, 6.45) is 2.04. The number of carbonyl (C=O) groups is 1. The van der Waals surface area contributed by atoms with Gasteiger partial charge in [0.15, 0.2) is 0 Å². The maximum absolute atomic E-state index is 12.0. The highest BCUT2D eigenvalue weighted by Crippen LogP contribution is 2.15. The lowest BCUT2D eigenvalue weighted by molar-refractivity contribution is 0.0942. The lowest BCUT2D eigenvalue weighted by Crippen LogP contribution is -2.25. The smallest absolute Gasteiger partial charge is 0.269 e. The number of carbonyl (C=O) groups excluding carboxylic acids is 1. The van der Waals surface area contributed by atoms with Crippen molar-refractivity contribution in [1.82, 2.24) is 15.1 Å². The van der Waals surface area contributed by atoms with Crippen molar-refractivity contribution >= 4 is 17.2 Å². The lowest BCUT2D eigenvalue weighted by atomic mass is 10.2. The zero-order valence-electron chi connectivity index (χ0n) is 11.1. The SMILES string of the molecule is Cn1nccc1C(=O)NCc1sccc1C#CCCO. The summed E-state index contributed by atoms with van der Waals surface area (Å²) >= 11 is 1.55. The van der Waals surface area contributed by atoms with E-state index in [1.807, 2.05) is 11.4 Å². The molecule has 6 heteroatoms. The Balaban J connectivity index is 1.98. The maximum Gasteiger partial charge on any atom is 0.269 e. The fourth-order valence-electron chi connectivity index (χ4n) is 1.65. The first-order valence-corrected chi connectivity index (χ1v) is 7.02. The van der Waals surface area contributed by atoms with Crippen molar-refractivity contribution < 1.29 is 9.90 Å². The van der Waals surface area contributed by atoms with Crippen LogP contribution in [-0.4, -0.2) is 27.4 Å². The summed E-state index contributed by atoms with van der Waals surface area (Å²) in [7, 11) is 1.73. The Morgan fingerprint density at radius 2 is 2.40 bits per heavy atom. The number of amides is 1. The third kappa shape index (κ3) is 3.47. The number of aryl methyl sites for hydroxylation is 1. The van der Waals surface area contributed by atoms with Gasteiger partial charge in [0.05, 0.1) is 13.2 Å². The summed E-state index contributed by atoms with van der Waals surface area (Å²) < 4.78 is 1.53. The summed E-state index contributed by atoms with van der Waals surface area (Å²) in [6.45, 7) is 0.495. The maximum atomic E-state index is 12.0. The van der Waals surface area contributed by atoms with Crippen molar-refractivity contribution in [3.05, 3.63) is 39.8 Å². The minimum Gasteiger partial charge on any atom is -0.395 e. The first-order chi connectivity index (χ1) is 9.72. The lowest BCUT2D eigenvalue weighted by Gasteiger charge is -2.04. The van der Waals surface area contributed by atoms with Crippen molar-refractivity contribution in [2.75, 3.05) is 6.61 Å². The van der Waals surface area contributed by atoms with E-state index in [0.29, 0.717) is 18.7 Å². The monoisotopic (exact) mass is 289 g/mol. The Labute approximate surface area is 121 Å². The summed E-state index contributed by atoms with van der Waals surface area (Å²) in [6, 6.07) is 3.59. The third-order valence-corrected chi connectivity index (χ3v) is 3.59. The Kier molecular flexibility index (Phi) is 4.93. The summed E-state index contributed by atoms with van der Waals surface area (Å²) in [5.74, 6) is 5.72. The molecule has 2 heterocycles. The highest BCUT2D eigenvalue weighted by Gasteiger charge is 2.10. The topological polar surface area (TPSA) is 67.2 Å². The molecule has 0 aromatic carbocycles. The standard InChI is InChI=1S/C14H15N3O2S/c1-17-12(5-7-16-17)14(19)15-10-13-11(6-9-20-13)4-2-3-8-18/h5-7,9,18H,3,8,10H2,1H3,(H,15,19). The van der Waals surface area contributed by atoms with Gasteiger partial charge in [-0.1, -0.05) is 11.8 Å². The molecule has 0 bridgehead atoms. The molecule has 1 amide bonds. The highest BCUT2D eigenvalue weighted by atomic mass is 32.1. The van der Waals surface area contributed by atoms with Crippen molar-refractivity contribution in [3.8, 4) is 11.8 Å².